The third kappa shape index (κ3) is 7.95. The van der Waals surface area contributed by atoms with Gasteiger partial charge in [-0.1, -0.05) is 36.4 Å². The van der Waals surface area contributed by atoms with Crippen LogP contribution in [-0.2, 0) is 27.1 Å². The second kappa shape index (κ2) is 16.8. The van der Waals surface area contributed by atoms with Crippen LogP contribution < -0.4 is 41.0 Å². The van der Waals surface area contributed by atoms with Gasteiger partial charge in [0.15, 0.2) is 0 Å². The minimum Gasteiger partial charge on any atom is -0.456 e. The quantitative estimate of drug-likeness (QED) is 0.162. The predicted octanol–water partition coefficient (Wildman–Crippen LogP) is 6.57. The maximum atomic E-state index is 12.5. The second-order valence-electron chi connectivity index (χ2n) is 15.8. The lowest BCUT2D eigenvalue weighted by Gasteiger charge is -2.33. The van der Waals surface area contributed by atoms with Gasteiger partial charge in [0.25, 0.3) is 0 Å². The number of nitrogens with zero attached hydrogens (tertiary/aromatic N) is 3. The first kappa shape index (κ1) is 38.6. The Morgan fingerprint density at radius 2 is 0.934 bits per heavy atom. The minimum absolute atomic E-state index is 0.114. The number of ether oxygens (including phenoxy) is 5. The van der Waals surface area contributed by atoms with Gasteiger partial charge in [0.2, 0.25) is 11.1 Å². The van der Waals surface area contributed by atoms with Crippen molar-refractivity contribution < 1.29 is 23.7 Å². The van der Waals surface area contributed by atoms with Gasteiger partial charge in [0, 0.05) is 120 Å². The average molecular weight is 821 g/mol. The number of para-hydroxylation sites is 2. The monoisotopic (exact) mass is 820 g/mol. The molecule has 3 saturated heterocycles. The molecule has 13 heteroatoms. The lowest BCUT2D eigenvalue weighted by Crippen LogP contribution is -2.37. The molecule has 5 aliphatic heterocycles. The Bertz CT molecular complexity index is 2700. The number of nitrogen functional groups attached to an aromatic ring is 1. The molecule has 2 aromatic heterocycles. The van der Waals surface area contributed by atoms with E-state index in [2.05, 4.69) is 42.9 Å². The highest BCUT2D eigenvalue weighted by molar-refractivity contribution is 5.77. The fourth-order valence-corrected chi connectivity index (χ4v) is 8.87. The molecule has 0 bridgehead atoms. The molecule has 0 spiro atoms. The average Bonchev–Trinajstić information content (AvgIpc) is 3.30. The summed E-state index contributed by atoms with van der Waals surface area (Å²) in [6.07, 6.45) is 1.50. The number of hydrogen-bond acceptors (Lipinski definition) is 11. The van der Waals surface area contributed by atoms with E-state index in [4.69, 9.17) is 29.4 Å². The topological polar surface area (TPSA) is 148 Å². The highest BCUT2D eigenvalue weighted by atomic mass is 16.5. The van der Waals surface area contributed by atoms with Crippen LogP contribution in [-0.4, -0.2) is 88.9 Å². The number of pyridine rings is 2. The summed E-state index contributed by atoms with van der Waals surface area (Å²) in [4.78, 5) is 37.7. The number of hydrogen-bond donors (Lipinski definition) is 3. The zero-order valence-electron chi connectivity index (χ0n) is 33.9. The smallest absolute Gasteiger partial charge is 0.250 e. The van der Waals surface area contributed by atoms with Crippen molar-refractivity contribution >= 4 is 22.7 Å². The van der Waals surface area contributed by atoms with E-state index in [0.717, 1.165) is 138 Å². The van der Waals surface area contributed by atoms with Crippen molar-refractivity contribution in [2.75, 3.05) is 99.3 Å². The Morgan fingerprint density at radius 3 is 1.46 bits per heavy atom. The molecule has 6 aromatic rings. The van der Waals surface area contributed by atoms with Gasteiger partial charge < -0.3 is 54.1 Å². The van der Waals surface area contributed by atoms with Crippen molar-refractivity contribution in [1.82, 2.24) is 9.97 Å². The van der Waals surface area contributed by atoms with Gasteiger partial charge in [-0.2, -0.15) is 0 Å². The van der Waals surface area contributed by atoms with Crippen LogP contribution in [0.2, 0.25) is 0 Å². The largest absolute Gasteiger partial charge is 0.456 e. The summed E-state index contributed by atoms with van der Waals surface area (Å²) in [7, 11) is 0. The van der Waals surface area contributed by atoms with Crippen LogP contribution in [0.25, 0.3) is 22.5 Å². The minimum atomic E-state index is -0.128. The van der Waals surface area contributed by atoms with Crippen LogP contribution in [0, 0.1) is 0 Å². The van der Waals surface area contributed by atoms with Gasteiger partial charge >= 0.3 is 0 Å². The van der Waals surface area contributed by atoms with E-state index in [1.54, 1.807) is 12.1 Å². The normalized spacial score (nSPS) is 16.8. The summed E-state index contributed by atoms with van der Waals surface area (Å²) in [5.41, 5.74) is 17.3. The molecule has 0 atom stereocenters. The Labute approximate surface area is 353 Å². The molecule has 0 aliphatic carbocycles. The van der Waals surface area contributed by atoms with Crippen molar-refractivity contribution in [2.45, 2.75) is 12.8 Å². The van der Waals surface area contributed by atoms with Crippen molar-refractivity contribution in [3.63, 3.8) is 0 Å². The Hall–Kier alpha value is -6.54. The first-order valence-corrected chi connectivity index (χ1v) is 21.0. The molecule has 61 heavy (non-hydrogen) atoms. The number of aromatic amines is 2. The van der Waals surface area contributed by atoms with Gasteiger partial charge in [0.1, 0.15) is 23.0 Å². The fraction of sp³-hybridized carbons (Fsp3) is 0.292. The first-order valence-electron chi connectivity index (χ1n) is 21.0. The molecule has 0 amide bonds. The van der Waals surface area contributed by atoms with Crippen molar-refractivity contribution in [2.24, 2.45) is 0 Å². The third-order valence-electron chi connectivity index (χ3n) is 12.0. The van der Waals surface area contributed by atoms with Crippen molar-refractivity contribution in [1.29, 1.82) is 0 Å². The van der Waals surface area contributed by atoms with E-state index in [0.29, 0.717) is 32.8 Å². The first-order chi connectivity index (χ1) is 29.9. The van der Waals surface area contributed by atoms with Gasteiger partial charge in [0.05, 0.1) is 51.0 Å². The Morgan fingerprint density at radius 1 is 0.492 bits per heavy atom. The molecule has 0 saturated carbocycles. The summed E-state index contributed by atoms with van der Waals surface area (Å²) in [5.74, 6) is 3.24. The molecule has 13 nitrogen and oxygen atoms in total. The van der Waals surface area contributed by atoms with Crippen molar-refractivity contribution in [3.8, 4) is 45.5 Å². The number of fused-ring (bicyclic) bond motifs is 4. The lowest BCUT2D eigenvalue weighted by molar-refractivity contribution is 0.122. The highest BCUT2D eigenvalue weighted by Crippen LogP contribution is 2.46. The van der Waals surface area contributed by atoms with Gasteiger partial charge in [-0.15, -0.1) is 0 Å². The van der Waals surface area contributed by atoms with Crippen LogP contribution in [0.5, 0.6) is 23.0 Å². The van der Waals surface area contributed by atoms with Crippen LogP contribution in [0.4, 0.5) is 22.7 Å². The maximum Gasteiger partial charge on any atom is 0.250 e. The number of anilines is 4. The Balaban J connectivity index is 0.000000148. The molecule has 312 valence electrons. The molecule has 5 aliphatic rings. The van der Waals surface area contributed by atoms with E-state index < -0.39 is 0 Å². The third-order valence-corrected chi connectivity index (χ3v) is 12.0. The number of rotatable bonds is 5. The van der Waals surface area contributed by atoms with Gasteiger partial charge in [-0.05, 0) is 48.5 Å². The Kier molecular flexibility index (Phi) is 10.7. The van der Waals surface area contributed by atoms with E-state index in [1.165, 1.54) is 11.3 Å². The zero-order valence-corrected chi connectivity index (χ0v) is 33.9. The molecule has 0 radical (unpaired) electrons. The van der Waals surface area contributed by atoms with Crippen LogP contribution >= 0.6 is 0 Å². The van der Waals surface area contributed by atoms with Crippen LogP contribution in [0.1, 0.15) is 22.3 Å². The second-order valence-corrected chi connectivity index (χ2v) is 15.8. The molecule has 11 rings (SSSR count). The van der Waals surface area contributed by atoms with E-state index >= 15 is 0 Å². The molecule has 7 heterocycles. The number of benzene rings is 4. The molecular weight excluding hydrogens is 773 g/mol. The number of H-pyrrole nitrogens is 2. The SMILES string of the molecule is Nc1cccc2c1Cc1cccc(-c3cc(N4CCOCC4)cc(=O)[nH]3)c1O2.O=c1cc(N2CCOCC2)cc(-c2cccc3c2Oc2cccc(N4CCOCC4)c2C3)[nH]1. The van der Waals surface area contributed by atoms with E-state index in [-0.39, 0.29) is 11.1 Å². The number of morpholine rings is 3. The van der Waals surface area contributed by atoms with E-state index in [1.807, 2.05) is 66.7 Å². The number of nitrogens with two attached hydrogens (primary N) is 1. The zero-order chi connectivity index (χ0) is 41.3. The van der Waals surface area contributed by atoms with Gasteiger partial charge in [-0.3, -0.25) is 9.59 Å². The fourth-order valence-electron chi connectivity index (χ4n) is 8.87. The summed E-state index contributed by atoms with van der Waals surface area (Å²) in [6, 6.07) is 31.5. The molecule has 3 fully saturated rings. The molecule has 4 aromatic carbocycles. The molecule has 4 N–H and O–H groups in total. The highest BCUT2D eigenvalue weighted by Gasteiger charge is 2.27. The lowest BCUT2D eigenvalue weighted by atomic mass is 9.95. The number of aromatic nitrogens is 2. The van der Waals surface area contributed by atoms with Gasteiger partial charge in [-0.25, -0.2) is 0 Å². The van der Waals surface area contributed by atoms with Crippen LogP contribution in [0.3, 0.4) is 0 Å². The van der Waals surface area contributed by atoms with E-state index in [9.17, 15) is 9.59 Å². The van der Waals surface area contributed by atoms with Crippen LogP contribution in [0.15, 0.2) is 107 Å². The van der Waals surface area contributed by atoms with Crippen molar-refractivity contribution in [3.05, 3.63) is 140 Å². The predicted molar refractivity (Wildman–Crippen MR) is 237 cm³/mol. The maximum absolute atomic E-state index is 12.5. The molecule has 0 unspecified atom stereocenters. The molecular formula is C48H48N6O7. The standard InChI is InChI=1S/C26H27N3O4.C22H21N3O3/c30-25-17-19(28-7-11-31-12-8-28)16-22(27-25)20-4-1-3-18-15-21-23(29-9-13-32-14-10-29)5-2-6-24(21)33-26(18)20;23-18-5-2-6-20-17(18)11-14-3-1-4-16(22(14)28-20)19-12-15(13-21(26)24-19)25-7-9-27-10-8-25/h1-6,16-17H,7-15H2,(H,27,30);1-6,12-13H,7-11,23H2,(H,24,26). The summed E-state index contributed by atoms with van der Waals surface area (Å²) < 4.78 is 29.2. The summed E-state index contributed by atoms with van der Waals surface area (Å²) >= 11 is 0. The summed E-state index contributed by atoms with van der Waals surface area (Å²) in [6.45, 7) is 9.08. The summed E-state index contributed by atoms with van der Waals surface area (Å²) in [5, 5.41) is 0. The number of nitrogens with one attached hydrogen (secondary N) is 2.